The van der Waals surface area contributed by atoms with Gasteiger partial charge in [-0.25, -0.2) is 4.39 Å². The van der Waals surface area contributed by atoms with E-state index in [0.717, 1.165) is 74.6 Å². The van der Waals surface area contributed by atoms with E-state index < -0.39 is 0 Å². The van der Waals surface area contributed by atoms with Crippen LogP contribution in [0.25, 0.3) is 10.9 Å². The predicted octanol–water partition coefficient (Wildman–Crippen LogP) is 2.37. The van der Waals surface area contributed by atoms with E-state index in [4.69, 9.17) is 4.74 Å². The summed E-state index contributed by atoms with van der Waals surface area (Å²) in [7, 11) is 3.81. The number of hydrogen-bond acceptors (Lipinski definition) is 3. The summed E-state index contributed by atoms with van der Waals surface area (Å²) < 4.78 is 18.6. The van der Waals surface area contributed by atoms with Crippen LogP contribution >= 0.6 is 0 Å². The molecule has 0 saturated heterocycles. The van der Waals surface area contributed by atoms with Gasteiger partial charge in [-0.15, -0.1) is 0 Å². The second kappa shape index (κ2) is 11.6. The number of nitrogens with one attached hydrogen (secondary N) is 3. The molecule has 0 fully saturated rings. The van der Waals surface area contributed by atoms with Crippen molar-refractivity contribution in [2.45, 2.75) is 19.8 Å². The SMILES string of the molecule is CCNC(=NCCCN(C)CCOC)NCCc1c[nH]c2ccc(F)cc12. The van der Waals surface area contributed by atoms with Gasteiger partial charge in [0.25, 0.3) is 0 Å². The second-order valence-corrected chi connectivity index (χ2v) is 6.59. The molecule has 2 aromatic rings. The molecule has 0 atom stereocenters. The van der Waals surface area contributed by atoms with Crippen molar-refractivity contribution in [3.05, 3.63) is 35.8 Å². The van der Waals surface area contributed by atoms with Gasteiger partial charge in [0.1, 0.15) is 5.82 Å². The van der Waals surface area contributed by atoms with Gasteiger partial charge in [-0.05, 0) is 57.1 Å². The molecule has 2 rings (SSSR count). The molecule has 1 aromatic heterocycles. The number of likely N-dealkylation sites (N-methyl/N-ethyl adjacent to an activating group) is 1. The average molecular weight is 378 g/mol. The molecule has 6 nitrogen and oxygen atoms in total. The molecule has 0 aliphatic heterocycles. The number of fused-ring (bicyclic) bond motifs is 1. The van der Waals surface area contributed by atoms with E-state index in [9.17, 15) is 4.39 Å². The molecule has 0 amide bonds. The summed E-state index contributed by atoms with van der Waals surface area (Å²) in [6, 6.07) is 4.83. The van der Waals surface area contributed by atoms with Crippen molar-refractivity contribution < 1.29 is 9.13 Å². The molecule has 27 heavy (non-hydrogen) atoms. The summed E-state index contributed by atoms with van der Waals surface area (Å²) in [5.41, 5.74) is 2.07. The number of H-pyrrole nitrogens is 1. The van der Waals surface area contributed by atoms with Crippen LogP contribution in [0.3, 0.4) is 0 Å². The number of methoxy groups -OCH3 is 1. The lowest BCUT2D eigenvalue weighted by molar-refractivity contribution is 0.161. The van der Waals surface area contributed by atoms with Gasteiger partial charge in [0.2, 0.25) is 0 Å². The zero-order valence-corrected chi connectivity index (χ0v) is 16.6. The van der Waals surface area contributed by atoms with E-state index in [2.05, 4.69) is 39.5 Å². The molecular weight excluding hydrogens is 345 g/mol. The Morgan fingerprint density at radius 2 is 2.15 bits per heavy atom. The van der Waals surface area contributed by atoms with Crippen LogP contribution in [0.15, 0.2) is 29.4 Å². The van der Waals surface area contributed by atoms with Crippen LogP contribution in [-0.4, -0.2) is 69.3 Å². The first-order valence-electron chi connectivity index (χ1n) is 9.59. The lowest BCUT2D eigenvalue weighted by Gasteiger charge is -2.15. The second-order valence-electron chi connectivity index (χ2n) is 6.59. The zero-order chi connectivity index (χ0) is 19.5. The Morgan fingerprint density at radius 3 is 2.93 bits per heavy atom. The average Bonchev–Trinajstić information content (AvgIpc) is 3.05. The molecule has 1 aromatic carbocycles. The summed E-state index contributed by atoms with van der Waals surface area (Å²) in [6.07, 6.45) is 3.75. The highest BCUT2D eigenvalue weighted by Crippen LogP contribution is 2.19. The van der Waals surface area contributed by atoms with Crippen molar-refractivity contribution in [1.29, 1.82) is 0 Å². The molecule has 150 valence electrons. The number of benzene rings is 1. The number of hydrogen-bond donors (Lipinski definition) is 3. The molecule has 0 spiro atoms. The summed E-state index contributed by atoms with van der Waals surface area (Å²) >= 11 is 0. The van der Waals surface area contributed by atoms with Crippen molar-refractivity contribution in [2.75, 3.05) is 53.5 Å². The third kappa shape index (κ3) is 7.19. The van der Waals surface area contributed by atoms with Crippen LogP contribution in [0.5, 0.6) is 0 Å². The smallest absolute Gasteiger partial charge is 0.191 e. The first kappa shape index (κ1) is 21.2. The van der Waals surface area contributed by atoms with Gasteiger partial charge in [0, 0.05) is 50.4 Å². The number of aromatic amines is 1. The van der Waals surface area contributed by atoms with Crippen molar-refractivity contribution >= 4 is 16.9 Å². The summed E-state index contributed by atoms with van der Waals surface area (Å²) in [5.74, 6) is 0.616. The molecule has 0 aliphatic carbocycles. The Morgan fingerprint density at radius 1 is 1.30 bits per heavy atom. The lowest BCUT2D eigenvalue weighted by atomic mass is 10.1. The maximum absolute atomic E-state index is 13.5. The van der Waals surface area contributed by atoms with Crippen molar-refractivity contribution in [2.24, 2.45) is 4.99 Å². The van der Waals surface area contributed by atoms with Crippen LogP contribution in [0.4, 0.5) is 4.39 Å². The summed E-state index contributed by atoms with van der Waals surface area (Å²) in [6.45, 7) is 7.06. The maximum Gasteiger partial charge on any atom is 0.191 e. The standard InChI is InChI=1S/C20H32FN5O/c1-4-22-20(23-9-5-11-26(2)12-13-27-3)24-10-8-16-15-25-19-7-6-17(21)14-18(16)19/h6-7,14-15,25H,4-5,8-13H2,1-3H3,(H2,22,23,24). The molecular formula is C20H32FN5O. The first-order chi connectivity index (χ1) is 13.1. The minimum atomic E-state index is -0.207. The zero-order valence-electron chi connectivity index (χ0n) is 16.6. The third-order valence-electron chi connectivity index (χ3n) is 4.41. The fraction of sp³-hybridized carbons (Fsp3) is 0.550. The maximum atomic E-state index is 13.5. The largest absolute Gasteiger partial charge is 0.383 e. The van der Waals surface area contributed by atoms with Gasteiger partial charge in [-0.2, -0.15) is 0 Å². The number of aromatic nitrogens is 1. The summed E-state index contributed by atoms with van der Waals surface area (Å²) in [5, 5.41) is 7.57. The van der Waals surface area contributed by atoms with Crippen molar-refractivity contribution in [1.82, 2.24) is 20.5 Å². The molecule has 3 N–H and O–H groups in total. The number of ether oxygens (including phenoxy) is 1. The highest BCUT2D eigenvalue weighted by molar-refractivity contribution is 5.83. The Balaban J connectivity index is 1.78. The van der Waals surface area contributed by atoms with E-state index in [0.29, 0.717) is 0 Å². The van der Waals surface area contributed by atoms with E-state index in [1.165, 1.54) is 6.07 Å². The molecule has 0 unspecified atom stereocenters. The molecule has 0 saturated carbocycles. The van der Waals surface area contributed by atoms with Crippen LogP contribution in [0.2, 0.25) is 0 Å². The lowest BCUT2D eigenvalue weighted by Crippen LogP contribution is -2.38. The number of guanidine groups is 1. The van der Waals surface area contributed by atoms with Gasteiger partial charge in [-0.3, -0.25) is 4.99 Å². The van der Waals surface area contributed by atoms with Crippen LogP contribution in [0, 0.1) is 5.82 Å². The monoisotopic (exact) mass is 377 g/mol. The molecule has 0 aliphatic rings. The fourth-order valence-corrected chi connectivity index (χ4v) is 2.91. The van der Waals surface area contributed by atoms with Gasteiger partial charge in [0.15, 0.2) is 5.96 Å². The highest BCUT2D eigenvalue weighted by Gasteiger charge is 2.05. The number of halogens is 1. The minimum absolute atomic E-state index is 0.207. The van der Waals surface area contributed by atoms with Gasteiger partial charge >= 0.3 is 0 Å². The van der Waals surface area contributed by atoms with Crippen LogP contribution in [0.1, 0.15) is 18.9 Å². The normalized spacial score (nSPS) is 12.1. The number of nitrogens with zero attached hydrogens (tertiary/aromatic N) is 2. The fourth-order valence-electron chi connectivity index (χ4n) is 2.91. The van der Waals surface area contributed by atoms with Gasteiger partial charge in [-0.1, -0.05) is 0 Å². The molecule has 1 heterocycles. The topological polar surface area (TPSA) is 64.7 Å². The van der Waals surface area contributed by atoms with E-state index in [1.807, 2.05) is 6.20 Å². The summed E-state index contributed by atoms with van der Waals surface area (Å²) in [4.78, 5) is 10.1. The van der Waals surface area contributed by atoms with Gasteiger partial charge < -0.3 is 25.3 Å². The first-order valence-corrected chi connectivity index (χ1v) is 9.59. The Labute approximate surface area is 161 Å². The van der Waals surface area contributed by atoms with Crippen LogP contribution < -0.4 is 10.6 Å². The van der Waals surface area contributed by atoms with Crippen molar-refractivity contribution in [3.8, 4) is 0 Å². The quantitative estimate of drug-likeness (QED) is 0.320. The van der Waals surface area contributed by atoms with Crippen molar-refractivity contribution in [3.63, 3.8) is 0 Å². The van der Waals surface area contributed by atoms with Crippen LogP contribution in [-0.2, 0) is 11.2 Å². The Kier molecular flexibility index (Phi) is 9.07. The predicted molar refractivity (Wildman–Crippen MR) is 110 cm³/mol. The number of aliphatic imine (C=N–C) groups is 1. The van der Waals surface area contributed by atoms with Gasteiger partial charge in [0.05, 0.1) is 6.61 Å². The van der Waals surface area contributed by atoms with E-state index in [-0.39, 0.29) is 5.82 Å². The number of rotatable bonds is 11. The van der Waals surface area contributed by atoms with E-state index >= 15 is 0 Å². The Hall–Kier alpha value is -2.12. The minimum Gasteiger partial charge on any atom is -0.383 e. The molecule has 0 bridgehead atoms. The third-order valence-corrected chi connectivity index (χ3v) is 4.41. The van der Waals surface area contributed by atoms with E-state index in [1.54, 1.807) is 19.2 Å². The molecule has 0 radical (unpaired) electrons. The Bertz CT molecular complexity index is 715. The highest BCUT2D eigenvalue weighted by atomic mass is 19.1. The molecule has 7 heteroatoms.